The van der Waals surface area contributed by atoms with Crippen molar-refractivity contribution in [3.8, 4) is 5.75 Å². The fraction of sp³-hybridized carbons (Fsp3) is 0.500. The maximum Gasteiger partial charge on any atom is 0.148 e. The lowest BCUT2D eigenvalue weighted by Crippen LogP contribution is -2.60. The topological polar surface area (TPSA) is 35.2 Å². The van der Waals surface area contributed by atoms with E-state index in [1.807, 2.05) is 12.1 Å². The first-order chi connectivity index (χ1) is 7.82. The second kappa shape index (κ2) is 4.83. The zero-order chi connectivity index (χ0) is 12.8. The molecule has 1 aromatic carbocycles. The molecule has 5 heteroatoms. The monoisotopic (exact) mass is 425 g/mol. The molecule has 0 heterocycles. The third kappa shape index (κ3) is 2.57. The van der Waals surface area contributed by atoms with Crippen LogP contribution in [0.1, 0.15) is 20.3 Å². The summed E-state index contributed by atoms with van der Waals surface area (Å²) in [5.74, 6) is 0.846. The van der Waals surface area contributed by atoms with Gasteiger partial charge in [0.2, 0.25) is 0 Å². The van der Waals surface area contributed by atoms with Gasteiger partial charge in [0.05, 0.1) is 8.95 Å². The summed E-state index contributed by atoms with van der Waals surface area (Å²) in [6.07, 6.45) is 1.08. The van der Waals surface area contributed by atoms with Gasteiger partial charge in [-0.25, -0.2) is 0 Å². The standard InChI is InChI=1S/C12H14Br3NO/c1-12(2)9(16)5-10(12)17-11-7(14)3-6(13)4-8(11)15/h3-4,9-10H,5,16H2,1-2H3. The van der Waals surface area contributed by atoms with E-state index in [2.05, 4.69) is 61.6 Å². The van der Waals surface area contributed by atoms with Crippen LogP contribution in [0.5, 0.6) is 5.75 Å². The molecule has 1 aliphatic rings. The van der Waals surface area contributed by atoms with E-state index in [9.17, 15) is 0 Å². The Labute approximate surface area is 127 Å². The maximum atomic E-state index is 6.06. The first-order valence-electron chi connectivity index (χ1n) is 5.39. The van der Waals surface area contributed by atoms with E-state index in [-0.39, 0.29) is 17.6 Å². The Morgan fingerprint density at radius 2 is 1.76 bits per heavy atom. The predicted molar refractivity (Wildman–Crippen MR) is 80.3 cm³/mol. The lowest BCUT2D eigenvalue weighted by molar-refractivity contribution is -0.0408. The van der Waals surface area contributed by atoms with Crippen molar-refractivity contribution in [2.24, 2.45) is 11.1 Å². The van der Waals surface area contributed by atoms with Gasteiger partial charge < -0.3 is 10.5 Å². The first kappa shape index (κ1) is 13.8. The Hall–Kier alpha value is 0.420. The maximum absolute atomic E-state index is 6.06. The Balaban J connectivity index is 2.21. The number of hydrogen-bond acceptors (Lipinski definition) is 2. The van der Waals surface area contributed by atoms with Crippen molar-refractivity contribution in [2.45, 2.75) is 32.4 Å². The largest absolute Gasteiger partial charge is 0.487 e. The Morgan fingerprint density at radius 1 is 1.24 bits per heavy atom. The molecular weight excluding hydrogens is 414 g/mol. The van der Waals surface area contributed by atoms with E-state index >= 15 is 0 Å². The third-order valence-corrected chi connectivity index (χ3v) is 5.11. The van der Waals surface area contributed by atoms with Crippen molar-refractivity contribution in [2.75, 3.05) is 0 Å². The first-order valence-corrected chi connectivity index (χ1v) is 7.77. The second-order valence-corrected chi connectivity index (χ2v) is 7.59. The van der Waals surface area contributed by atoms with E-state index in [4.69, 9.17) is 10.5 Å². The lowest BCUT2D eigenvalue weighted by atomic mass is 9.65. The summed E-state index contributed by atoms with van der Waals surface area (Å²) < 4.78 is 8.95. The molecule has 0 aliphatic heterocycles. The molecule has 1 aliphatic carbocycles. The van der Waals surface area contributed by atoms with Crippen molar-refractivity contribution >= 4 is 47.8 Å². The van der Waals surface area contributed by atoms with Crippen LogP contribution >= 0.6 is 47.8 Å². The molecule has 0 bridgehead atoms. The van der Waals surface area contributed by atoms with Gasteiger partial charge in [-0.15, -0.1) is 0 Å². The summed E-state index contributed by atoms with van der Waals surface area (Å²) >= 11 is 10.5. The summed E-state index contributed by atoms with van der Waals surface area (Å²) in [5.41, 5.74) is 6.02. The van der Waals surface area contributed by atoms with Crippen molar-refractivity contribution in [3.05, 3.63) is 25.6 Å². The molecule has 1 fully saturated rings. The SMILES string of the molecule is CC1(C)C(N)CC1Oc1c(Br)cc(Br)cc1Br. The molecule has 2 N–H and O–H groups in total. The van der Waals surface area contributed by atoms with Crippen molar-refractivity contribution in [1.82, 2.24) is 0 Å². The normalized spacial score (nSPS) is 26.5. The molecule has 2 nitrogen and oxygen atoms in total. The van der Waals surface area contributed by atoms with Gasteiger partial charge in [-0.1, -0.05) is 29.8 Å². The van der Waals surface area contributed by atoms with Crippen LogP contribution in [0.4, 0.5) is 0 Å². The van der Waals surface area contributed by atoms with E-state index in [0.717, 1.165) is 25.6 Å². The molecule has 1 saturated carbocycles. The number of halogens is 3. The van der Waals surface area contributed by atoms with Crippen LogP contribution in [0.3, 0.4) is 0 Å². The Bertz CT molecular complexity index is 424. The number of nitrogens with two attached hydrogens (primary N) is 1. The highest BCUT2D eigenvalue weighted by Gasteiger charge is 2.48. The molecule has 17 heavy (non-hydrogen) atoms. The molecule has 0 spiro atoms. The molecule has 1 aromatic rings. The van der Waals surface area contributed by atoms with E-state index in [0.29, 0.717) is 0 Å². The summed E-state index contributed by atoms with van der Waals surface area (Å²) in [5, 5.41) is 0. The summed E-state index contributed by atoms with van der Waals surface area (Å²) in [6, 6.07) is 4.18. The average Bonchev–Trinajstić information content (AvgIpc) is 2.21. The molecule has 94 valence electrons. The summed E-state index contributed by atoms with van der Waals surface area (Å²) in [6.45, 7) is 4.29. The molecular formula is C12H14Br3NO. The number of benzene rings is 1. The van der Waals surface area contributed by atoms with Gasteiger partial charge in [-0.05, 0) is 44.0 Å². The highest BCUT2D eigenvalue weighted by Crippen LogP contribution is 2.45. The fourth-order valence-electron chi connectivity index (χ4n) is 1.90. The smallest absolute Gasteiger partial charge is 0.148 e. The van der Waals surface area contributed by atoms with E-state index in [1.54, 1.807) is 0 Å². The molecule has 0 radical (unpaired) electrons. The van der Waals surface area contributed by atoms with Gasteiger partial charge in [0.15, 0.2) is 0 Å². The van der Waals surface area contributed by atoms with Gasteiger partial charge >= 0.3 is 0 Å². The summed E-state index contributed by atoms with van der Waals surface area (Å²) in [7, 11) is 0. The zero-order valence-corrected chi connectivity index (χ0v) is 14.4. The van der Waals surface area contributed by atoms with Gasteiger partial charge in [0.25, 0.3) is 0 Å². The molecule has 2 atom stereocenters. The Morgan fingerprint density at radius 3 is 2.18 bits per heavy atom. The minimum absolute atomic E-state index is 0.0337. The van der Waals surface area contributed by atoms with Gasteiger partial charge in [0, 0.05) is 22.4 Å². The van der Waals surface area contributed by atoms with Crippen molar-refractivity contribution < 1.29 is 4.74 Å². The number of rotatable bonds is 2. The molecule has 0 amide bonds. The third-order valence-electron chi connectivity index (χ3n) is 3.48. The lowest BCUT2D eigenvalue weighted by Gasteiger charge is -2.49. The number of ether oxygens (including phenoxy) is 1. The molecule has 0 saturated heterocycles. The zero-order valence-electron chi connectivity index (χ0n) is 9.64. The average molecular weight is 428 g/mol. The van der Waals surface area contributed by atoms with Crippen molar-refractivity contribution in [3.63, 3.8) is 0 Å². The second-order valence-electron chi connectivity index (χ2n) is 4.97. The van der Waals surface area contributed by atoms with E-state index < -0.39 is 0 Å². The van der Waals surface area contributed by atoms with Crippen LogP contribution in [-0.2, 0) is 0 Å². The van der Waals surface area contributed by atoms with Gasteiger partial charge in [0.1, 0.15) is 11.9 Å². The van der Waals surface area contributed by atoms with Crippen LogP contribution < -0.4 is 10.5 Å². The molecule has 2 unspecified atom stereocenters. The van der Waals surface area contributed by atoms with Crippen LogP contribution in [0.2, 0.25) is 0 Å². The van der Waals surface area contributed by atoms with Crippen molar-refractivity contribution in [1.29, 1.82) is 0 Å². The highest BCUT2D eigenvalue weighted by atomic mass is 79.9. The van der Waals surface area contributed by atoms with Crippen LogP contribution in [-0.4, -0.2) is 12.1 Å². The molecule has 2 rings (SSSR count). The predicted octanol–water partition coefficient (Wildman–Crippen LogP) is 4.48. The molecule has 0 aromatic heterocycles. The van der Waals surface area contributed by atoms with Gasteiger partial charge in [-0.3, -0.25) is 0 Å². The van der Waals surface area contributed by atoms with Gasteiger partial charge in [-0.2, -0.15) is 0 Å². The van der Waals surface area contributed by atoms with Crippen LogP contribution in [0, 0.1) is 5.41 Å². The minimum Gasteiger partial charge on any atom is -0.487 e. The Kier molecular flexibility index (Phi) is 3.94. The minimum atomic E-state index is 0.0337. The highest BCUT2D eigenvalue weighted by molar-refractivity contribution is 9.11. The van der Waals surface area contributed by atoms with E-state index in [1.165, 1.54) is 0 Å². The van der Waals surface area contributed by atoms with Crippen LogP contribution in [0.25, 0.3) is 0 Å². The fourth-order valence-corrected chi connectivity index (χ4v) is 4.35. The van der Waals surface area contributed by atoms with Crippen LogP contribution in [0.15, 0.2) is 25.6 Å². The quantitative estimate of drug-likeness (QED) is 0.755. The number of hydrogen-bond donors (Lipinski definition) is 1. The summed E-state index contributed by atoms with van der Waals surface area (Å²) in [4.78, 5) is 0.